The second kappa shape index (κ2) is 6.28. The van der Waals surface area contributed by atoms with Gasteiger partial charge in [0.25, 0.3) is 0 Å². The van der Waals surface area contributed by atoms with Crippen LogP contribution in [0.2, 0.25) is 0 Å². The Labute approximate surface area is 145 Å². The van der Waals surface area contributed by atoms with Crippen molar-refractivity contribution in [2.45, 2.75) is 20.8 Å². The molecule has 0 saturated carbocycles. The van der Waals surface area contributed by atoms with Crippen molar-refractivity contribution in [1.29, 1.82) is 0 Å². The number of fused-ring (bicyclic) bond motifs is 1. The molecule has 1 aromatic carbocycles. The lowest BCUT2D eigenvalue weighted by Crippen LogP contribution is -2.40. The minimum absolute atomic E-state index is 0.0149. The van der Waals surface area contributed by atoms with Crippen molar-refractivity contribution in [1.82, 2.24) is 4.98 Å². The zero-order valence-electron chi connectivity index (χ0n) is 13.9. The predicted molar refractivity (Wildman–Crippen MR) is 95.9 cm³/mol. The van der Waals surface area contributed by atoms with Gasteiger partial charge in [-0.15, -0.1) is 11.3 Å². The van der Waals surface area contributed by atoms with Gasteiger partial charge in [-0.2, -0.15) is 0 Å². The Morgan fingerprint density at radius 2 is 2.04 bits per heavy atom. The van der Waals surface area contributed by atoms with Gasteiger partial charge in [0.15, 0.2) is 5.78 Å². The Bertz CT molecular complexity index is 804. The largest absolute Gasteiger partial charge is 0.303 e. The fraction of sp³-hybridized carbons (Fsp3) is 0.333. The third kappa shape index (κ3) is 3.14. The van der Waals surface area contributed by atoms with Crippen molar-refractivity contribution in [3.63, 3.8) is 0 Å². The molecule has 1 aromatic heterocycles. The van der Waals surface area contributed by atoms with E-state index in [4.69, 9.17) is 0 Å². The summed E-state index contributed by atoms with van der Waals surface area (Å²) >= 11 is 1.48. The number of carbonyl (C=O) groups excluding carboxylic acids is 2. The van der Waals surface area contributed by atoms with E-state index in [0.717, 1.165) is 10.6 Å². The van der Waals surface area contributed by atoms with Crippen LogP contribution in [0.4, 0.5) is 5.69 Å². The van der Waals surface area contributed by atoms with E-state index in [0.29, 0.717) is 11.4 Å². The average Bonchev–Trinajstić information content (AvgIpc) is 3.02. The lowest BCUT2D eigenvalue weighted by molar-refractivity contribution is -0.127. The number of thiazole rings is 1. The smallest absolute Gasteiger partial charge is 0.249 e. The minimum atomic E-state index is -0.499. The molecule has 0 saturated heterocycles. The van der Waals surface area contributed by atoms with Crippen LogP contribution >= 0.6 is 11.3 Å². The van der Waals surface area contributed by atoms with Gasteiger partial charge in [-0.3, -0.25) is 14.6 Å². The number of Topliss-reactive ketones (excluding diaryl/α,β-unsaturated/α-hetero) is 1. The topological polar surface area (TPSA) is 62.6 Å². The number of para-hydroxylation sites is 1. The van der Waals surface area contributed by atoms with E-state index in [9.17, 15) is 9.59 Å². The molecular weight excluding hydrogens is 322 g/mol. The molecule has 1 aliphatic rings. The normalized spacial score (nSPS) is 14.9. The minimum Gasteiger partial charge on any atom is -0.303 e. The van der Waals surface area contributed by atoms with Gasteiger partial charge < -0.3 is 4.90 Å². The number of nitrogens with zero attached hydrogens (tertiary/aromatic N) is 3. The fourth-order valence-electron chi connectivity index (χ4n) is 2.44. The molecular formula is C18H19N3O2S. The van der Waals surface area contributed by atoms with Crippen molar-refractivity contribution < 1.29 is 9.59 Å². The van der Waals surface area contributed by atoms with E-state index in [1.54, 1.807) is 11.1 Å². The maximum atomic E-state index is 12.6. The highest BCUT2D eigenvalue weighted by Gasteiger charge is 2.30. The fourth-order valence-corrected chi connectivity index (χ4v) is 3.10. The SMILES string of the molecule is CC(C)(C)C(=O)CN1C(=O)CN=C(c2nccs2)c2ccccc21. The first kappa shape index (κ1) is 16.5. The van der Waals surface area contributed by atoms with Crippen LogP contribution in [0.5, 0.6) is 0 Å². The number of hydrogen-bond donors (Lipinski definition) is 0. The molecule has 0 atom stereocenters. The summed E-state index contributed by atoms with van der Waals surface area (Å²) < 4.78 is 0. The first-order valence-corrected chi connectivity index (χ1v) is 8.63. The van der Waals surface area contributed by atoms with Crippen LogP contribution < -0.4 is 4.90 Å². The van der Waals surface area contributed by atoms with Gasteiger partial charge >= 0.3 is 0 Å². The van der Waals surface area contributed by atoms with E-state index < -0.39 is 5.41 Å². The molecule has 0 radical (unpaired) electrons. The highest BCUT2D eigenvalue weighted by molar-refractivity contribution is 7.11. The highest BCUT2D eigenvalue weighted by atomic mass is 32.1. The number of hydrogen-bond acceptors (Lipinski definition) is 5. The number of aliphatic imine (C=N–C) groups is 1. The molecule has 5 nitrogen and oxygen atoms in total. The summed E-state index contributed by atoms with van der Waals surface area (Å²) in [5.74, 6) is -0.157. The van der Waals surface area contributed by atoms with Gasteiger partial charge in [0.1, 0.15) is 17.3 Å². The predicted octanol–water partition coefficient (Wildman–Crippen LogP) is 2.94. The third-order valence-electron chi connectivity index (χ3n) is 3.90. The highest BCUT2D eigenvalue weighted by Crippen LogP contribution is 2.28. The Morgan fingerprint density at radius 1 is 1.29 bits per heavy atom. The summed E-state index contributed by atoms with van der Waals surface area (Å²) in [6.45, 7) is 5.66. The van der Waals surface area contributed by atoms with Crippen LogP contribution in [-0.4, -0.2) is 35.5 Å². The first-order valence-electron chi connectivity index (χ1n) is 7.75. The quantitative estimate of drug-likeness (QED) is 0.862. The van der Waals surface area contributed by atoms with Gasteiger partial charge in [0.2, 0.25) is 5.91 Å². The second-order valence-electron chi connectivity index (χ2n) is 6.67. The van der Waals surface area contributed by atoms with Crippen molar-refractivity contribution in [2.24, 2.45) is 10.4 Å². The molecule has 0 fully saturated rings. The van der Waals surface area contributed by atoms with E-state index in [-0.39, 0.29) is 24.8 Å². The zero-order valence-corrected chi connectivity index (χ0v) is 14.8. The average molecular weight is 341 g/mol. The second-order valence-corrected chi connectivity index (χ2v) is 7.57. The van der Waals surface area contributed by atoms with Gasteiger partial charge in [0, 0.05) is 22.6 Å². The molecule has 0 spiro atoms. The molecule has 124 valence electrons. The zero-order chi connectivity index (χ0) is 17.3. The number of ketones is 1. The Balaban J connectivity index is 2.05. The number of aromatic nitrogens is 1. The number of rotatable bonds is 3. The molecule has 2 aromatic rings. The summed E-state index contributed by atoms with van der Waals surface area (Å²) in [6, 6.07) is 7.55. The number of carbonyl (C=O) groups is 2. The number of amides is 1. The molecule has 3 rings (SSSR count). The summed E-state index contributed by atoms with van der Waals surface area (Å²) in [5.41, 5.74) is 1.76. The number of benzodiazepines with no additional fused rings is 1. The molecule has 1 aliphatic heterocycles. The maximum Gasteiger partial charge on any atom is 0.249 e. The standard InChI is InChI=1S/C18H19N3O2S/c1-18(2,3)14(22)11-21-13-7-5-4-6-12(13)16(20-10-15(21)23)17-19-8-9-24-17/h4-9H,10-11H2,1-3H3. The number of benzene rings is 1. The first-order chi connectivity index (χ1) is 11.4. The molecule has 24 heavy (non-hydrogen) atoms. The van der Waals surface area contributed by atoms with Crippen LogP contribution in [-0.2, 0) is 9.59 Å². The molecule has 0 aliphatic carbocycles. The van der Waals surface area contributed by atoms with E-state index in [2.05, 4.69) is 9.98 Å². The molecule has 1 amide bonds. The van der Waals surface area contributed by atoms with Crippen LogP contribution in [0.1, 0.15) is 31.3 Å². The molecule has 0 unspecified atom stereocenters. The molecule has 6 heteroatoms. The summed E-state index contributed by atoms with van der Waals surface area (Å²) in [6.07, 6.45) is 1.72. The monoisotopic (exact) mass is 341 g/mol. The summed E-state index contributed by atoms with van der Waals surface area (Å²) in [7, 11) is 0. The molecule has 2 heterocycles. The van der Waals surface area contributed by atoms with E-state index in [1.165, 1.54) is 11.3 Å². The molecule has 0 N–H and O–H groups in total. The summed E-state index contributed by atoms with van der Waals surface area (Å²) in [5, 5.41) is 2.66. The maximum absolute atomic E-state index is 12.6. The van der Waals surface area contributed by atoms with Crippen LogP contribution in [0.25, 0.3) is 0 Å². The van der Waals surface area contributed by atoms with Gasteiger partial charge in [-0.05, 0) is 6.07 Å². The van der Waals surface area contributed by atoms with Crippen molar-refractivity contribution in [2.75, 3.05) is 18.0 Å². The van der Waals surface area contributed by atoms with Crippen LogP contribution in [0.3, 0.4) is 0 Å². The number of anilines is 1. The summed E-state index contributed by atoms with van der Waals surface area (Å²) in [4.78, 5) is 35.4. The Kier molecular flexibility index (Phi) is 4.32. The van der Waals surface area contributed by atoms with E-state index in [1.807, 2.05) is 50.4 Å². The van der Waals surface area contributed by atoms with Crippen molar-refractivity contribution in [3.8, 4) is 0 Å². The lowest BCUT2D eigenvalue weighted by atomic mass is 9.90. The van der Waals surface area contributed by atoms with E-state index >= 15 is 0 Å². The Morgan fingerprint density at radius 3 is 2.71 bits per heavy atom. The molecule has 0 bridgehead atoms. The van der Waals surface area contributed by atoms with Crippen LogP contribution in [0.15, 0.2) is 40.8 Å². The van der Waals surface area contributed by atoms with Crippen molar-refractivity contribution >= 4 is 34.4 Å². The third-order valence-corrected chi connectivity index (χ3v) is 4.68. The van der Waals surface area contributed by atoms with Gasteiger partial charge in [-0.1, -0.05) is 39.0 Å². The van der Waals surface area contributed by atoms with Crippen molar-refractivity contribution in [3.05, 3.63) is 46.4 Å². The van der Waals surface area contributed by atoms with Gasteiger partial charge in [0.05, 0.1) is 12.2 Å². The van der Waals surface area contributed by atoms with Gasteiger partial charge in [-0.25, -0.2) is 4.98 Å². The van der Waals surface area contributed by atoms with Crippen LogP contribution in [0, 0.1) is 5.41 Å². The lowest BCUT2D eigenvalue weighted by Gasteiger charge is -2.26. The Hall–Kier alpha value is -2.34.